The van der Waals surface area contributed by atoms with Crippen LogP contribution in [0.1, 0.15) is 22.3 Å². The van der Waals surface area contributed by atoms with Gasteiger partial charge in [0.2, 0.25) is 11.8 Å². The van der Waals surface area contributed by atoms with E-state index >= 15 is 0 Å². The Morgan fingerprint density at radius 1 is 1.19 bits per heavy atom. The molecule has 140 valence electrons. The van der Waals surface area contributed by atoms with Gasteiger partial charge in [-0.2, -0.15) is 0 Å². The fourth-order valence-electron chi connectivity index (χ4n) is 3.12. The van der Waals surface area contributed by atoms with E-state index in [-0.39, 0.29) is 30.3 Å². The highest BCUT2D eigenvalue weighted by Gasteiger charge is 2.36. The molecule has 0 aliphatic carbocycles. The molecule has 1 N–H and O–H groups in total. The van der Waals surface area contributed by atoms with Crippen LogP contribution in [0.4, 0.5) is 11.4 Å². The van der Waals surface area contributed by atoms with E-state index in [1.54, 1.807) is 41.3 Å². The first-order valence-corrected chi connectivity index (χ1v) is 8.84. The molecule has 1 fully saturated rings. The van der Waals surface area contributed by atoms with Crippen molar-refractivity contribution in [1.82, 2.24) is 0 Å². The first-order valence-electron chi connectivity index (χ1n) is 8.46. The maximum atomic E-state index is 12.7. The molecule has 6 nitrogen and oxygen atoms in total. The molecule has 0 bridgehead atoms. The summed E-state index contributed by atoms with van der Waals surface area (Å²) in [6.45, 7) is 2.09. The summed E-state index contributed by atoms with van der Waals surface area (Å²) in [6.07, 6.45) is 0.0954. The van der Waals surface area contributed by atoms with Crippen LogP contribution in [-0.2, 0) is 14.3 Å². The largest absolute Gasteiger partial charge is 0.465 e. The summed E-state index contributed by atoms with van der Waals surface area (Å²) in [5, 5.41) is 3.31. The molecule has 27 heavy (non-hydrogen) atoms. The van der Waals surface area contributed by atoms with Crippen molar-refractivity contribution in [2.24, 2.45) is 5.92 Å². The summed E-state index contributed by atoms with van der Waals surface area (Å²) in [7, 11) is 1.28. The standard InChI is InChI=1S/C20H19ClN2O4/c1-12-15(21)7-5-9-17(12)23-11-13(10-18(23)24)19(25)22-16-8-4-3-6-14(16)20(26)27-2/h3-9,13H,10-11H2,1-2H3,(H,22,25)/t13-/m0/s1. The van der Waals surface area contributed by atoms with Crippen LogP contribution in [0.2, 0.25) is 5.02 Å². The number of benzene rings is 2. The van der Waals surface area contributed by atoms with E-state index in [2.05, 4.69) is 5.32 Å². The first kappa shape index (κ1) is 18.9. The number of halogens is 1. The number of nitrogens with one attached hydrogen (secondary N) is 1. The number of carbonyl (C=O) groups excluding carboxylic acids is 3. The van der Waals surface area contributed by atoms with E-state index in [4.69, 9.17) is 16.3 Å². The van der Waals surface area contributed by atoms with Gasteiger partial charge in [-0.1, -0.05) is 29.8 Å². The minimum absolute atomic E-state index is 0.0954. The van der Waals surface area contributed by atoms with Gasteiger partial charge in [0, 0.05) is 23.7 Å². The summed E-state index contributed by atoms with van der Waals surface area (Å²) in [5.41, 5.74) is 2.13. The van der Waals surface area contributed by atoms with Gasteiger partial charge in [-0.25, -0.2) is 4.79 Å². The SMILES string of the molecule is COC(=O)c1ccccc1NC(=O)[C@H]1CC(=O)N(c2cccc(Cl)c2C)C1. The lowest BCUT2D eigenvalue weighted by molar-refractivity contribution is -0.122. The summed E-state index contributed by atoms with van der Waals surface area (Å²) in [5.74, 6) is -1.52. The molecule has 1 saturated heterocycles. The van der Waals surface area contributed by atoms with E-state index in [0.717, 1.165) is 5.56 Å². The maximum Gasteiger partial charge on any atom is 0.339 e. The van der Waals surface area contributed by atoms with Crippen LogP contribution >= 0.6 is 11.6 Å². The average molecular weight is 387 g/mol. The number of nitrogens with zero attached hydrogens (tertiary/aromatic N) is 1. The van der Waals surface area contributed by atoms with Crippen LogP contribution in [0.3, 0.4) is 0 Å². The van der Waals surface area contributed by atoms with E-state index < -0.39 is 11.9 Å². The van der Waals surface area contributed by atoms with Crippen LogP contribution in [0.15, 0.2) is 42.5 Å². The van der Waals surface area contributed by atoms with E-state index in [0.29, 0.717) is 16.4 Å². The van der Waals surface area contributed by atoms with Gasteiger partial charge in [0.05, 0.1) is 24.3 Å². The van der Waals surface area contributed by atoms with Crippen molar-refractivity contribution in [3.63, 3.8) is 0 Å². The highest BCUT2D eigenvalue weighted by atomic mass is 35.5. The zero-order valence-electron chi connectivity index (χ0n) is 15.0. The Balaban J connectivity index is 1.77. The zero-order chi connectivity index (χ0) is 19.6. The van der Waals surface area contributed by atoms with Crippen molar-refractivity contribution in [2.75, 3.05) is 23.9 Å². The summed E-state index contributed by atoms with van der Waals surface area (Å²) in [6, 6.07) is 11.9. The summed E-state index contributed by atoms with van der Waals surface area (Å²) < 4.78 is 4.74. The number of ether oxygens (including phenoxy) is 1. The molecular formula is C20H19ClN2O4. The zero-order valence-corrected chi connectivity index (χ0v) is 15.7. The van der Waals surface area contributed by atoms with Gasteiger partial charge < -0.3 is 15.0 Å². The molecule has 0 radical (unpaired) electrons. The normalized spacial score (nSPS) is 16.3. The predicted molar refractivity (Wildman–Crippen MR) is 103 cm³/mol. The molecule has 0 unspecified atom stereocenters. The first-order chi connectivity index (χ1) is 12.9. The maximum absolute atomic E-state index is 12.7. The number of anilines is 2. The van der Waals surface area contributed by atoms with Crippen molar-refractivity contribution < 1.29 is 19.1 Å². The Morgan fingerprint density at radius 3 is 2.67 bits per heavy atom. The molecule has 2 aromatic carbocycles. The molecule has 2 aromatic rings. The van der Waals surface area contributed by atoms with Crippen LogP contribution < -0.4 is 10.2 Å². The number of hydrogen-bond acceptors (Lipinski definition) is 4. The molecular weight excluding hydrogens is 368 g/mol. The van der Waals surface area contributed by atoms with Gasteiger partial charge in [-0.15, -0.1) is 0 Å². The van der Waals surface area contributed by atoms with Gasteiger partial charge >= 0.3 is 5.97 Å². The number of para-hydroxylation sites is 1. The third kappa shape index (κ3) is 3.80. The number of esters is 1. The molecule has 7 heteroatoms. The van der Waals surface area contributed by atoms with Crippen LogP contribution in [0.5, 0.6) is 0 Å². The van der Waals surface area contributed by atoms with E-state index in [1.165, 1.54) is 7.11 Å². The van der Waals surface area contributed by atoms with Gasteiger partial charge in [0.1, 0.15) is 0 Å². The molecule has 1 aliphatic rings. The van der Waals surface area contributed by atoms with Crippen molar-refractivity contribution in [2.45, 2.75) is 13.3 Å². The summed E-state index contributed by atoms with van der Waals surface area (Å²) >= 11 is 6.15. The van der Waals surface area contributed by atoms with Crippen LogP contribution in [0, 0.1) is 12.8 Å². The molecule has 1 atom stereocenters. The second-order valence-electron chi connectivity index (χ2n) is 6.32. The Kier molecular flexibility index (Phi) is 5.46. The minimum Gasteiger partial charge on any atom is -0.465 e. The van der Waals surface area contributed by atoms with E-state index in [9.17, 15) is 14.4 Å². The molecule has 0 saturated carbocycles. The third-order valence-corrected chi connectivity index (χ3v) is 5.03. The fourth-order valence-corrected chi connectivity index (χ4v) is 3.29. The fraction of sp³-hybridized carbons (Fsp3) is 0.250. The van der Waals surface area contributed by atoms with Crippen LogP contribution in [-0.4, -0.2) is 31.4 Å². The van der Waals surface area contributed by atoms with Crippen molar-refractivity contribution in [3.8, 4) is 0 Å². The highest BCUT2D eigenvalue weighted by Crippen LogP contribution is 2.32. The van der Waals surface area contributed by atoms with Gasteiger partial charge in [0.15, 0.2) is 0 Å². The number of methoxy groups -OCH3 is 1. The Bertz CT molecular complexity index is 913. The average Bonchev–Trinajstić information content (AvgIpc) is 3.05. The Hall–Kier alpha value is -2.86. The second kappa shape index (κ2) is 7.80. The van der Waals surface area contributed by atoms with Gasteiger partial charge in [0.25, 0.3) is 0 Å². The smallest absolute Gasteiger partial charge is 0.339 e. The van der Waals surface area contributed by atoms with E-state index in [1.807, 2.05) is 13.0 Å². The quantitative estimate of drug-likeness (QED) is 0.817. The van der Waals surface area contributed by atoms with Crippen molar-refractivity contribution in [3.05, 3.63) is 58.6 Å². The number of hydrogen-bond donors (Lipinski definition) is 1. The van der Waals surface area contributed by atoms with Crippen molar-refractivity contribution in [1.29, 1.82) is 0 Å². The molecule has 1 aliphatic heterocycles. The predicted octanol–water partition coefficient (Wildman–Crippen LogP) is 3.43. The Morgan fingerprint density at radius 2 is 1.93 bits per heavy atom. The molecule has 3 rings (SSSR count). The van der Waals surface area contributed by atoms with Crippen molar-refractivity contribution >= 4 is 40.8 Å². The number of carbonyl (C=O) groups is 3. The molecule has 0 aromatic heterocycles. The van der Waals surface area contributed by atoms with Gasteiger partial charge in [-0.05, 0) is 36.8 Å². The lowest BCUT2D eigenvalue weighted by atomic mass is 10.1. The lowest BCUT2D eigenvalue weighted by Crippen LogP contribution is -2.29. The third-order valence-electron chi connectivity index (χ3n) is 4.62. The highest BCUT2D eigenvalue weighted by molar-refractivity contribution is 6.31. The Labute approximate surface area is 162 Å². The second-order valence-corrected chi connectivity index (χ2v) is 6.72. The molecule has 1 heterocycles. The minimum atomic E-state index is -0.537. The number of rotatable bonds is 4. The molecule has 0 spiro atoms. The van der Waals surface area contributed by atoms with Gasteiger partial charge in [-0.3, -0.25) is 9.59 Å². The monoisotopic (exact) mass is 386 g/mol. The lowest BCUT2D eigenvalue weighted by Gasteiger charge is -2.19. The summed E-state index contributed by atoms with van der Waals surface area (Å²) in [4.78, 5) is 38.6. The number of amides is 2. The van der Waals surface area contributed by atoms with Crippen LogP contribution in [0.25, 0.3) is 0 Å². The molecule has 2 amide bonds. The topological polar surface area (TPSA) is 75.7 Å².